The SMILES string of the molecule is CCOc1cccc(CC(c2ccccc2)N2CCN(c3ccccc3OC)CC2)c1. The van der Waals surface area contributed by atoms with Gasteiger partial charge in [0, 0.05) is 32.2 Å². The summed E-state index contributed by atoms with van der Waals surface area (Å²) < 4.78 is 11.3. The van der Waals surface area contributed by atoms with Crippen molar-refractivity contribution in [3.05, 3.63) is 90.0 Å². The molecule has 3 aromatic rings. The zero-order valence-electron chi connectivity index (χ0n) is 18.5. The van der Waals surface area contributed by atoms with Crippen molar-refractivity contribution < 1.29 is 9.47 Å². The van der Waals surface area contributed by atoms with Crippen molar-refractivity contribution in [2.75, 3.05) is 44.8 Å². The fourth-order valence-corrected chi connectivity index (χ4v) is 4.45. The fraction of sp³-hybridized carbons (Fsp3) is 0.333. The summed E-state index contributed by atoms with van der Waals surface area (Å²) in [4.78, 5) is 5.06. The number of anilines is 1. The van der Waals surface area contributed by atoms with Gasteiger partial charge >= 0.3 is 0 Å². The van der Waals surface area contributed by atoms with Gasteiger partial charge in [0.1, 0.15) is 11.5 Å². The van der Waals surface area contributed by atoms with Crippen LogP contribution in [0.3, 0.4) is 0 Å². The summed E-state index contributed by atoms with van der Waals surface area (Å²) in [6.07, 6.45) is 0.972. The zero-order valence-corrected chi connectivity index (χ0v) is 18.5. The summed E-state index contributed by atoms with van der Waals surface area (Å²) in [6, 6.07) is 28.1. The van der Waals surface area contributed by atoms with Crippen LogP contribution in [0.25, 0.3) is 0 Å². The summed E-state index contributed by atoms with van der Waals surface area (Å²) in [5.41, 5.74) is 3.87. The fourth-order valence-electron chi connectivity index (χ4n) is 4.45. The lowest BCUT2D eigenvalue weighted by Gasteiger charge is -2.41. The molecule has 0 radical (unpaired) electrons. The van der Waals surface area contributed by atoms with Gasteiger partial charge in [-0.05, 0) is 48.7 Å². The van der Waals surface area contributed by atoms with Crippen molar-refractivity contribution in [2.45, 2.75) is 19.4 Å². The van der Waals surface area contributed by atoms with Crippen LogP contribution in [-0.2, 0) is 6.42 Å². The van der Waals surface area contributed by atoms with Crippen LogP contribution in [0.15, 0.2) is 78.9 Å². The van der Waals surface area contributed by atoms with Crippen LogP contribution in [0.5, 0.6) is 11.5 Å². The van der Waals surface area contributed by atoms with E-state index in [0.29, 0.717) is 12.6 Å². The van der Waals surface area contributed by atoms with E-state index in [1.807, 2.05) is 25.1 Å². The third kappa shape index (κ3) is 5.20. The van der Waals surface area contributed by atoms with E-state index < -0.39 is 0 Å². The van der Waals surface area contributed by atoms with E-state index in [9.17, 15) is 0 Å². The van der Waals surface area contributed by atoms with Crippen LogP contribution in [0, 0.1) is 0 Å². The van der Waals surface area contributed by atoms with Gasteiger partial charge in [-0.3, -0.25) is 4.90 Å². The molecule has 31 heavy (non-hydrogen) atoms. The number of rotatable bonds is 8. The Labute approximate surface area is 186 Å². The summed E-state index contributed by atoms with van der Waals surface area (Å²) in [5.74, 6) is 1.90. The lowest BCUT2D eigenvalue weighted by Crippen LogP contribution is -2.48. The molecule has 0 amide bonds. The number of hydrogen-bond donors (Lipinski definition) is 0. The smallest absolute Gasteiger partial charge is 0.142 e. The Kier molecular flexibility index (Phi) is 7.11. The largest absolute Gasteiger partial charge is 0.495 e. The minimum Gasteiger partial charge on any atom is -0.495 e. The normalized spacial score (nSPS) is 15.5. The number of para-hydroxylation sites is 2. The number of benzene rings is 3. The van der Waals surface area contributed by atoms with Crippen LogP contribution in [0.1, 0.15) is 24.1 Å². The minimum absolute atomic E-state index is 0.345. The Morgan fingerprint density at radius 1 is 0.839 bits per heavy atom. The van der Waals surface area contributed by atoms with Gasteiger partial charge in [-0.2, -0.15) is 0 Å². The van der Waals surface area contributed by atoms with Crippen LogP contribution in [-0.4, -0.2) is 44.8 Å². The molecule has 0 aromatic heterocycles. The molecule has 4 heteroatoms. The van der Waals surface area contributed by atoms with Crippen molar-refractivity contribution in [3.63, 3.8) is 0 Å². The van der Waals surface area contributed by atoms with Gasteiger partial charge in [0.25, 0.3) is 0 Å². The molecule has 1 atom stereocenters. The second-order valence-electron chi connectivity index (χ2n) is 7.91. The predicted molar refractivity (Wildman–Crippen MR) is 127 cm³/mol. The van der Waals surface area contributed by atoms with Crippen LogP contribution in [0.4, 0.5) is 5.69 Å². The molecule has 1 fully saturated rings. The molecular weight excluding hydrogens is 384 g/mol. The van der Waals surface area contributed by atoms with Crippen molar-refractivity contribution in [2.24, 2.45) is 0 Å². The Balaban J connectivity index is 1.51. The monoisotopic (exact) mass is 416 g/mol. The molecule has 1 heterocycles. The van der Waals surface area contributed by atoms with Crippen LogP contribution < -0.4 is 14.4 Å². The Bertz CT molecular complexity index is 952. The third-order valence-corrected chi connectivity index (χ3v) is 6.00. The molecule has 0 N–H and O–H groups in total. The maximum absolute atomic E-state index is 5.73. The highest BCUT2D eigenvalue weighted by Crippen LogP contribution is 2.31. The maximum Gasteiger partial charge on any atom is 0.142 e. The predicted octanol–water partition coefficient (Wildman–Crippen LogP) is 5.20. The molecule has 1 unspecified atom stereocenters. The molecule has 0 bridgehead atoms. The first-order chi connectivity index (χ1) is 15.3. The maximum atomic E-state index is 5.73. The van der Waals surface area contributed by atoms with E-state index in [2.05, 4.69) is 70.5 Å². The first-order valence-corrected chi connectivity index (χ1v) is 11.2. The summed E-state index contributed by atoms with van der Waals surface area (Å²) in [6.45, 7) is 6.73. The highest BCUT2D eigenvalue weighted by Gasteiger charge is 2.26. The third-order valence-electron chi connectivity index (χ3n) is 6.00. The Morgan fingerprint density at radius 2 is 1.58 bits per heavy atom. The second kappa shape index (κ2) is 10.4. The Morgan fingerprint density at radius 3 is 2.32 bits per heavy atom. The van der Waals surface area contributed by atoms with Gasteiger partial charge in [0.2, 0.25) is 0 Å². The van der Waals surface area contributed by atoms with E-state index in [0.717, 1.165) is 44.1 Å². The van der Waals surface area contributed by atoms with Gasteiger partial charge in [-0.15, -0.1) is 0 Å². The lowest BCUT2D eigenvalue weighted by atomic mass is 9.96. The van der Waals surface area contributed by atoms with Crippen molar-refractivity contribution in [3.8, 4) is 11.5 Å². The van der Waals surface area contributed by atoms with Crippen LogP contribution >= 0.6 is 0 Å². The summed E-state index contributed by atoms with van der Waals surface area (Å²) in [7, 11) is 1.75. The number of hydrogen-bond acceptors (Lipinski definition) is 4. The van der Waals surface area contributed by atoms with Crippen molar-refractivity contribution in [1.29, 1.82) is 0 Å². The number of methoxy groups -OCH3 is 1. The zero-order chi connectivity index (χ0) is 21.5. The quantitative estimate of drug-likeness (QED) is 0.504. The molecule has 3 aromatic carbocycles. The minimum atomic E-state index is 0.345. The lowest BCUT2D eigenvalue weighted by molar-refractivity contribution is 0.184. The molecule has 0 aliphatic carbocycles. The number of nitrogens with zero attached hydrogens (tertiary/aromatic N) is 2. The molecule has 162 valence electrons. The van der Waals surface area contributed by atoms with E-state index in [-0.39, 0.29) is 0 Å². The first-order valence-electron chi connectivity index (χ1n) is 11.2. The topological polar surface area (TPSA) is 24.9 Å². The number of ether oxygens (including phenoxy) is 2. The average molecular weight is 417 g/mol. The number of piperazine rings is 1. The van der Waals surface area contributed by atoms with E-state index in [1.165, 1.54) is 16.8 Å². The van der Waals surface area contributed by atoms with Crippen molar-refractivity contribution in [1.82, 2.24) is 4.90 Å². The van der Waals surface area contributed by atoms with Gasteiger partial charge in [-0.25, -0.2) is 0 Å². The molecule has 4 rings (SSSR count). The molecule has 4 nitrogen and oxygen atoms in total. The standard InChI is InChI=1S/C27H32N2O2/c1-3-31-24-13-9-10-22(20-24)21-26(23-11-5-4-6-12-23)29-18-16-28(17-19-29)25-14-7-8-15-27(25)30-2/h4-15,20,26H,3,16-19,21H2,1-2H3. The van der Waals surface area contributed by atoms with E-state index >= 15 is 0 Å². The van der Waals surface area contributed by atoms with Gasteiger partial charge in [0.05, 0.1) is 19.4 Å². The summed E-state index contributed by atoms with van der Waals surface area (Å²) in [5, 5.41) is 0. The van der Waals surface area contributed by atoms with Gasteiger partial charge in [0.15, 0.2) is 0 Å². The van der Waals surface area contributed by atoms with Crippen molar-refractivity contribution >= 4 is 5.69 Å². The van der Waals surface area contributed by atoms with Gasteiger partial charge < -0.3 is 14.4 Å². The van der Waals surface area contributed by atoms with E-state index in [4.69, 9.17) is 9.47 Å². The van der Waals surface area contributed by atoms with Crippen LogP contribution in [0.2, 0.25) is 0 Å². The molecule has 1 aliphatic rings. The molecule has 1 aliphatic heterocycles. The average Bonchev–Trinajstić information content (AvgIpc) is 2.84. The van der Waals surface area contributed by atoms with E-state index in [1.54, 1.807) is 7.11 Å². The molecular formula is C27H32N2O2. The highest BCUT2D eigenvalue weighted by molar-refractivity contribution is 5.58. The molecule has 0 spiro atoms. The second-order valence-corrected chi connectivity index (χ2v) is 7.91. The Hall–Kier alpha value is -2.98. The first kappa shape index (κ1) is 21.3. The molecule has 1 saturated heterocycles. The molecule has 0 saturated carbocycles. The summed E-state index contributed by atoms with van der Waals surface area (Å²) >= 11 is 0. The highest BCUT2D eigenvalue weighted by atomic mass is 16.5. The van der Waals surface area contributed by atoms with Gasteiger partial charge in [-0.1, -0.05) is 54.6 Å².